The summed E-state index contributed by atoms with van der Waals surface area (Å²) in [6, 6.07) is 0.780. The van der Waals surface area contributed by atoms with E-state index in [1.54, 1.807) is 0 Å². The molecule has 1 aliphatic rings. The van der Waals surface area contributed by atoms with Crippen molar-refractivity contribution in [2.24, 2.45) is 0 Å². The number of nitrogens with zero attached hydrogens (tertiary/aromatic N) is 2. The van der Waals surface area contributed by atoms with Crippen LogP contribution in [-0.4, -0.2) is 26.6 Å². The Bertz CT molecular complexity index is 606. The summed E-state index contributed by atoms with van der Waals surface area (Å²) in [6.07, 6.45) is -4.85. The largest absolute Gasteiger partial charge is 0.479 e. The average Bonchev–Trinajstić information content (AvgIpc) is 2.64. The van der Waals surface area contributed by atoms with Crippen LogP contribution in [0, 0.1) is 10.1 Å². The van der Waals surface area contributed by atoms with Gasteiger partial charge in [0.05, 0.1) is 16.2 Å². The smallest absolute Gasteiger partial charge is 0.416 e. The number of nitro groups is 1. The third kappa shape index (κ3) is 2.25. The summed E-state index contributed by atoms with van der Waals surface area (Å²) in [5.41, 5.74) is -2.79. The van der Waals surface area contributed by atoms with Gasteiger partial charge in [0.25, 0.3) is 5.69 Å². The van der Waals surface area contributed by atoms with Crippen molar-refractivity contribution in [3.05, 3.63) is 27.8 Å². The molecule has 1 unspecified atom stereocenters. The van der Waals surface area contributed by atoms with Gasteiger partial charge in [0.2, 0.25) is 5.37 Å². The predicted octanol–water partition coefficient (Wildman–Crippen LogP) is 2.33. The molecule has 0 saturated carbocycles. The van der Waals surface area contributed by atoms with E-state index in [2.05, 4.69) is 0 Å². The molecule has 0 aliphatic carbocycles. The standard InChI is InChI=1S/C9H5F3N2O5S/c10-9(11,12)3-1-4-6(5(2-3)14(18)19)20-7(8(15)16)13(4)17/h1-2,7,17H,(H,15,16). The van der Waals surface area contributed by atoms with Crippen LogP contribution in [0.3, 0.4) is 0 Å². The van der Waals surface area contributed by atoms with Crippen LogP contribution < -0.4 is 5.06 Å². The second-order valence-electron chi connectivity index (χ2n) is 3.75. The summed E-state index contributed by atoms with van der Waals surface area (Å²) >= 11 is 0.394. The van der Waals surface area contributed by atoms with Crippen molar-refractivity contribution >= 4 is 29.1 Å². The van der Waals surface area contributed by atoms with Crippen molar-refractivity contribution in [1.82, 2.24) is 0 Å². The zero-order valence-corrected chi connectivity index (χ0v) is 10.1. The van der Waals surface area contributed by atoms with Crippen molar-refractivity contribution < 1.29 is 33.2 Å². The summed E-state index contributed by atoms with van der Waals surface area (Å²) in [7, 11) is 0. The first-order valence-corrected chi connectivity index (χ1v) is 5.78. The second-order valence-corrected chi connectivity index (χ2v) is 4.84. The molecule has 1 aliphatic heterocycles. The molecule has 0 bridgehead atoms. The zero-order chi connectivity index (χ0) is 15.2. The third-order valence-corrected chi connectivity index (χ3v) is 3.76. The maximum atomic E-state index is 12.6. The molecule has 1 aromatic carbocycles. The fourth-order valence-electron chi connectivity index (χ4n) is 1.63. The number of alkyl halides is 3. The number of aliphatic carboxylic acids is 1. The van der Waals surface area contributed by atoms with Crippen molar-refractivity contribution in [1.29, 1.82) is 0 Å². The van der Waals surface area contributed by atoms with Crippen LogP contribution in [0.25, 0.3) is 0 Å². The van der Waals surface area contributed by atoms with E-state index >= 15 is 0 Å². The molecule has 0 saturated heterocycles. The topological polar surface area (TPSA) is 104 Å². The zero-order valence-electron chi connectivity index (χ0n) is 9.29. The van der Waals surface area contributed by atoms with Crippen molar-refractivity contribution in [3.63, 3.8) is 0 Å². The summed E-state index contributed by atoms with van der Waals surface area (Å²) in [5, 5.41) is 27.6. The Morgan fingerprint density at radius 3 is 2.50 bits per heavy atom. The second kappa shape index (κ2) is 4.52. The van der Waals surface area contributed by atoms with Gasteiger partial charge in [-0.2, -0.15) is 13.2 Å². The molecule has 2 N–H and O–H groups in total. The van der Waals surface area contributed by atoms with Crippen LogP contribution in [0.4, 0.5) is 24.5 Å². The van der Waals surface area contributed by atoms with Crippen molar-refractivity contribution in [2.45, 2.75) is 16.4 Å². The Labute approximate surface area is 112 Å². The molecule has 0 fully saturated rings. The summed E-state index contributed by atoms with van der Waals surface area (Å²) in [6.45, 7) is 0. The Kier molecular flexibility index (Phi) is 3.26. The lowest BCUT2D eigenvalue weighted by atomic mass is 10.1. The van der Waals surface area contributed by atoms with E-state index in [-0.39, 0.29) is 9.96 Å². The highest BCUT2D eigenvalue weighted by molar-refractivity contribution is 8.01. The number of hydrogen-bond donors (Lipinski definition) is 2. The van der Waals surface area contributed by atoms with Crippen molar-refractivity contribution in [2.75, 3.05) is 5.06 Å². The molecule has 1 aromatic rings. The summed E-state index contributed by atoms with van der Waals surface area (Å²) in [4.78, 5) is 20.3. The molecule has 0 aromatic heterocycles. The highest BCUT2D eigenvalue weighted by atomic mass is 32.2. The molecule has 108 valence electrons. The number of hydrogen-bond acceptors (Lipinski definition) is 6. The monoisotopic (exact) mass is 310 g/mol. The van der Waals surface area contributed by atoms with E-state index in [0.717, 1.165) is 0 Å². The van der Waals surface area contributed by atoms with Crippen molar-refractivity contribution in [3.8, 4) is 0 Å². The Morgan fingerprint density at radius 2 is 2.05 bits per heavy atom. The van der Waals surface area contributed by atoms with Crippen LogP contribution in [0.15, 0.2) is 17.0 Å². The lowest BCUT2D eigenvalue weighted by Gasteiger charge is -2.15. The van der Waals surface area contributed by atoms with E-state index in [4.69, 9.17) is 5.11 Å². The maximum Gasteiger partial charge on any atom is 0.416 e. The molecule has 2 rings (SSSR count). The lowest BCUT2D eigenvalue weighted by Crippen LogP contribution is -2.32. The normalized spacial score (nSPS) is 18.0. The molecular weight excluding hydrogens is 305 g/mol. The summed E-state index contributed by atoms with van der Waals surface area (Å²) < 4.78 is 37.9. The Hall–Kier alpha value is -2.01. The van der Waals surface area contributed by atoms with Gasteiger partial charge in [0, 0.05) is 6.07 Å². The Morgan fingerprint density at radius 1 is 1.45 bits per heavy atom. The van der Waals surface area contributed by atoms with Gasteiger partial charge in [0.1, 0.15) is 4.90 Å². The number of nitro benzene ring substituents is 1. The minimum atomic E-state index is -4.85. The molecule has 11 heteroatoms. The minimum absolute atomic E-state index is 0.0740. The highest BCUT2D eigenvalue weighted by Crippen LogP contribution is 2.49. The first-order chi connectivity index (χ1) is 9.12. The molecule has 1 atom stereocenters. The number of hydroxylamine groups is 1. The number of benzene rings is 1. The molecule has 0 amide bonds. The number of carboxylic acids is 1. The van der Waals surface area contributed by atoms with E-state index in [1.165, 1.54) is 0 Å². The van der Waals surface area contributed by atoms with Crippen LogP contribution in [0.2, 0.25) is 0 Å². The minimum Gasteiger partial charge on any atom is -0.479 e. The third-order valence-electron chi connectivity index (χ3n) is 2.48. The molecule has 20 heavy (non-hydrogen) atoms. The summed E-state index contributed by atoms with van der Waals surface area (Å²) in [5.74, 6) is -1.53. The number of carbonyl (C=O) groups is 1. The first kappa shape index (κ1) is 14.4. The lowest BCUT2D eigenvalue weighted by molar-refractivity contribution is -0.387. The number of halogens is 3. The van der Waals surface area contributed by atoms with Gasteiger partial charge < -0.3 is 5.11 Å². The fourth-order valence-corrected chi connectivity index (χ4v) is 2.70. The quantitative estimate of drug-likeness (QED) is 0.638. The van der Waals surface area contributed by atoms with E-state index in [9.17, 15) is 33.3 Å². The first-order valence-electron chi connectivity index (χ1n) is 4.90. The van der Waals surface area contributed by atoms with Crippen LogP contribution in [-0.2, 0) is 11.0 Å². The van der Waals surface area contributed by atoms with Gasteiger partial charge in [-0.3, -0.25) is 15.3 Å². The number of rotatable bonds is 2. The molecule has 0 radical (unpaired) electrons. The maximum absolute atomic E-state index is 12.6. The van der Waals surface area contributed by atoms with Gasteiger partial charge in [-0.15, -0.1) is 0 Å². The molecule has 7 nitrogen and oxygen atoms in total. The number of thioether (sulfide) groups is 1. The van der Waals surface area contributed by atoms with Crippen LogP contribution >= 0.6 is 11.8 Å². The van der Waals surface area contributed by atoms with Crippen LogP contribution in [0.5, 0.6) is 0 Å². The number of anilines is 1. The average molecular weight is 310 g/mol. The molecule has 0 spiro atoms. The van der Waals surface area contributed by atoms with Crippen LogP contribution in [0.1, 0.15) is 5.56 Å². The highest BCUT2D eigenvalue weighted by Gasteiger charge is 2.43. The van der Waals surface area contributed by atoms with E-state index < -0.39 is 39.4 Å². The Balaban J connectivity index is 2.64. The predicted molar refractivity (Wildman–Crippen MR) is 59.6 cm³/mol. The fraction of sp³-hybridized carbons (Fsp3) is 0.222. The molecular formula is C9H5F3N2O5S. The van der Waals surface area contributed by atoms with Gasteiger partial charge in [-0.1, -0.05) is 11.8 Å². The number of fused-ring (bicyclic) bond motifs is 1. The van der Waals surface area contributed by atoms with Gasteiger partial charge in [0.15, 0.2) is 0 Å². The van der Waals surface area contributed by atoms with Gasteiger partial charge in [-0.05, 0) is 6.07 Å². The molecule has 1 heterocycles. The number of carboxylic acid groups (broad SMARTS) is 1. The van der Waals surface area contributed by atoms with E-state index in [0.29, 0.717) is 23.9 Å². The van der Waals surface area contributed by atoms with Gasteiger partial charge >= 0.3 is 12.1 Å². The SMILES string of the molecule is O=C(O)C1Sc2c(cc(C(F)(F)F)cc2[N+](=O)[O-])N1O. The van der Waals surface area contributed by atoms with Gasteiger partial charge in [-0.25, -0.2) is 9.86 Å². The van der Waals surface area contributed by atoms with E-state index in [1.807, 2.05) is 0 Å².